The number of likely N-dealkylation sites (N-methyl/N-ethyl adjacent to an activating group) is 1. The normalized spacial score (nSPS) is 12.9. The van der Waals surface area contributed by atoms with Gasteiger partial charge in [0.15, 0.2) is 0 Å². The summed E-state index contributed by atoms with van der Waals surface area (Å²) in [6.07, 6.45) is -0.359. The van der Waals surface area contributed by atoms with Crippen molar-refractivity contribution in [1.82, 2.24) is 9.97 Å². The van der Waals surface area contributed by atoms with E-state index in [1.54, 1.807) is 6.92 Å². The van der Waals surface area contributed by atoms with Gasteiger partial charge in [0.25, 0.3) is 0 Å². The summed E-state index contributed by atoms with van der Waals surface area (Å²) in [4.78, 5) is 10.8. The lowest BCUT2D eigenvalue weighted by atomic mass is 10.2. The molecule has 1 N–H and O–H groups in total. The molecule has 0 aliphatic rings. The van der Waals surface area contributed by atoms with E-state index in [0.717, 1.165) is 17.3 Å². The number of aliphatic hydroxyl groups is 1. The van der Waals surface area contributed by atoms with E-state index in [1.165, 1.54) is 0 Å². The Hall–Kier alpha value is -1.16. The van der Waals surface area contributed by atoms with Gasteiger partial charge in [0, 0.05) is 31.3 Å². The Morgan fingerprint density at radius 3 is 2.44 bits per heavy atom. The molecule has 4 nitrogen and oxygen atoms in total. The molecule has 0 radical (unpaired) electrons. The van der Waals surface area contributed by atoms with Gasteiger partial charge < -0.3 is 10.0 Å². The van der Waals surface area contributed by atoms with E-state index in [-0.39, 0.29) is 6.10 Å². The van der Waals surface area contributed by atoms with Crippen molar-refractivity contribution in [2.75, 3.05) is 18.5 Å². The summed E-state index contributed by atoms with van der Waals surface area (Å²) < 4.78 is 0. The molecule has 0 bridgehead atoms. The predicted molar refractivity (Wildman–Crippen MR) is 65.8 cm³/mol. The number of aromatic nitrogens is 2. The van der Waals surface area contributed by atoms with E-state index >= 15 is 0 Å². The molecule has 1 aromatic rings. The van der Waals surface area contributed by atoms with Gasteiger partial charge in [0.2, 0.25) is 0 Å². The molecule has 16 heavy (non-hydrogen) atoms. The van der Waals surface area contributed by atoms with E-state index in [2.05, 4.69) is 23.8 Å². The van der Waals surface area contributed by atoms with Crippen LogP contribution in [0.4, 0.5) is 5.82 Å². The number of hydrogen-bond donors (Lipinski definition) is 1. The molecule has 4 heteroatoms. The lowest BCUT2D eigenvalue weighted by Gasteiger charge is -2.21. The first-order chi connectivity index (χ1) is 7.40. The fourth-order valence-corrected chi connectivity index (χ4v) is 1.52. The molecule has 90 valence electrons. The van der Waals surface area contributed by atoms with Gasteiger partial charge in [-0.2, -0.15) is 0 Å². The minimum absolute atomic E-state index is 0.318. The Morgan fingerprint density at radius 2 is 1.94 bits per heavy atom. The Labute approximate surface area is 97.3 Å². The Morgan fingerprint density at radius 1 is 1.31 bits per heavy atom. The van der Waals surface area contributed by atoms with Crippen molar-refractivity contribution in [3.63, 3.8) is 0 Å². The van der Waals surface area contributed by atoms with Crippen molar-refractivity contribution in [3.8, 4) is 0 Å². The van der Waals surface area contributed by atoms with E-state index < -0.39 is 0 Å². The fraction of sp³-hybridized carbons (Fsp3) is 0.667. The van der Waals surface area contributed by atoms with Gasteiger partial charge in [0.05, 0.1) is 6.10 Å². The number of rotatable bonds is 4. The molecule has 0 fully saturated rings. The molecule has 1 unspecified atom stereocenters. The van der Waals surface area contributed by atoms with Gasteiger partial charge in [-0.3, -0.25) is 0 Å². The van der Waals surface area contributed by atoms with Gasteiger partial charge in [-0.25, -0.2) is 9.97 Å². The Bertz CT molecular complexity index is 350. The van der Waals surface area contributed by atoms with Crippen molar-refractivity contribution >= 4 is 5.82 Å². The first-order valence-corrected chi connectivity index (χ1v) is 5.65. The van der Waals surface area contributed by atoms with Crippen LogP contribution < -0.4 is 4.90 Å². The maximum absolute atomic E-state index is 9.35. The summed E-state index contributed by atoms with van der Waals surface area (Å²) in [6, 6.07) is 1.94. The van der Waals surface area contributed by atoms with Crippen LogP contribution in [0.15, 0.2) is 6.07 Å². The third-order valence-electron chi connectivity index (χ3n) is 2.30. The van der Waals surface area contributed by atoms with Gasteiger partial charge >= 0.3 is 0 Å². The Balaban J connectivity index is 2.95. The summed E-state index contributed by atoms with van der Waals surface area (Å²) in [5, 5.41) is 9.35. The van der Waals surface area contributed by atoms with E-state index in [4.69, 9.17) is 0 Å². The van der Waals surface area contributed by atoms with Crippen molar-refractivity contribution < 1.29 is 5.11 Å². The standard InChI is InChI=1S/C12H21N3O/c1-8(2)12-13-9(3)6-11(14-12)15(5)7-10(4)16/h6,8,10,16H,7H2,1-5H3. The topological polar surface area (TPSA) is 49.2 Å². The van der Waals surface area contributed by atoms with Crippen LogP contribution >= 0.6 is 0 Å². The van der Waals surface area contributed by atoms with Crippen LogP contribution in [0.25, 0.3) is 0 Å². The molecule has 0 aliphatic heterocycles. The average Bonchev–Trinajstić information content (AvgIpc) is 2.15. The number of nitrogens with zero attached hydrogens (tertiary/aromatic N) is 3. The highest BCUT2D eigenvalue weighted by molar-refractivity contribution is 5.39. The second-order valence-electron chi connectivity index (χ2n) is 4.61. The van der Waals surface area contributed by atoms with Crippen LogP contribution in [0.5, 0.6) is 0 Å². The van der Waals surface area contributed by atoms with Crippen molar-refractivity contribution in [2.45, 2.75) is 39.7 Å². The van der Waals surface area contributed by atoms with Gasteiger partial charge in [-0.05, 0) is 13.8 Å². The zero-order chi connectivity index (χ0) is 12.3. The SMILES string of the molecule is Cc1cc(N(C)CC(C)O)nc(C(C)C)n1. The lowest BCUT2D eigenvalue weighted by Crippen LogP contribution is -2.28. The third kappa shape index (κ3) is 3.45. The van der Waals surface area contributed by atoms with Crippen LogP contribution in [-0.2, 0) is 0 Å². The van der Waals surface area contributed by atoms with E-state index in [1.807, 2.05) is 24.9 Å². The highest BCUT2D eigenvalue weighted by Crippen LogP contribution is 2.16. The number of aliphatic hydroxyl groups excluding tert-OH is 1. The van der Waals surface area contributed by atoms with Crippen molar-refractivity contribution in [2.24, 2.45) is 0 Å². The predicted octanol–water partition coefficient (Wildman–Crippen LogP) is 1.73. The average molecular weight is 223 g/mol. The quantitative estimate of drug-likeness (QED) is 0.844. The van der Waals surface area contributed by atoms with Crippen LogP contribution in [0.3, 0.4) is 0 Å². The molecule has 0 amide bonds. The molecule has 1 aromatic heterocycles. The summed E-state index contributed by atoms with van der Waals surface area (Å²) in [6.45, 7) is 8.47. The van der Waals surface area contributed by atoms with E-state index in [9.17, 15) is 5.11 Å². The lowest BCUT2D eigenvalue weighted by molar-refractivity contribution is 0.201. The zero-order valence-electron chi connectivity index (χ0n) is 10.7. The van der Waals surface area contributed by atoms with E-state index in [0.29, 0.717) is 12.5 Å². The minimum atomic E-state index is -0.359. The molecule has 0 saturated heterocycles. The van der Waals surface area contributed by atoms with Gasteiger partial charge in [-0.15, -0.1) is 0 Å². The van der Waals surface area contributed by atoms with Crippen LogP contribution in [0, 0.1) is 6.92 Å². The summed E-state index contributed by atoms with van der Waals surface area (Å²) in [5.74, 6) is 2.04. The largest absolute Gasteiger partial charge is 0.392 e. The molecule has 0 aliphatic carbocycles. The highest BCUT2D eigenvalue weighted by Gasteiger charge is 2.10. The number of hydrogen-bond acceptors (Lipinski definition) is 4. The second kappa shape index (κ2) is 5.25. The summed E-state index contributed by atoms with van der Waals surface area (Å²) in [5.41, 5.74) is 0.964. The molecule has 1 atom stereocenters. The molecular weight excluding hydrogens is 202 g/mol. The molecular formula is C12H21N3O. The monoisotopic (exact) mass is 223 g/mol. The third-order valence-corrected chi connectivity index (χ3v) is 2.30. The maximum Gasteiger partial charge on any atom is 0.133 e. The van der Waals surface area contributed by atoms with Crippen molar-refractivity contribution in [3.05, 3.63) is 17.6 Å². The smallest absolute Gasteiger partial charge is 0.133 e. The minimum Gasteiger partial charge on any atom is -0.392 e. The summed E-state index contributed by atoms with van der Waals surface area (Å²) >= 11 is 0. The van der Waals surface area contributed by atoms with Gasteiger partial charge in [0.1, 0.15) is 11.6 Å². The van der Waals surface area contributed by atoms with Crippen LogP contribution in [-0.4, -0.2) is 34.8 Å². The Kier molecular flexibility index (Phi) is 4.24. The molecule has 0 saturated carbocycles. The second-order valence-corrected chi connectivity index (χ2v) is 4.61. The number of aryl methyl sites for hydroxylation is 1. The molecule has 1 rings (SSSR count). The fourth-order valence-electron chi connectivity index (χ4n) is 1.52. The highest BCUT2D eigenvalue weighted by atomic mass is 16.3. The first kappa shape index (κ1) is 12.9. The van der Waals surface area contributed by atoms with Crippen molar-refractivity contribution in [1.29, 1.82) is 0 Å². The van der Waals surface area contributed by atoms with Gasteiger partial charge in [-0.1, -0.05) is 13.8 Å². The molecule has 0 aromatic carbocycles. The summed E-state index contributed by atoms with van der Waals surface area (Å²) in [7, 11) is 1.93. The number of anilines is 1. The molecule has 1 heterocycles. The van der Waals surface area contributed by atoms with Crippen LogP contribution in [0.2, 0.25) is 0 Å². The zero-order valence-corrected chi connectivity index (χ0v) is 10.7. The molecule has 0 spiro atoms. The maximum atomic E-state index is 9.35. The first-order valence-electron chi connectivity index (χ1n) is 5.65. The van der Waals surface area contributed by atoms with Crippen LogP contribution in [0.1, 0.15) is 38.2 Å².